The number of rotatable bonds is 4. The zero-order valence-electron chi connectivity index (χ0n) is 10.5. The molecular formula is C13H18BrFN2O. The standard InChI is InChI=1S/C13H18BrFN2O/c1-17-4-5-18-12(9-17)8-16-7-10-6-11(14)2-3-13(10)15/h2-3,6,12,16H,4-5,7-9H2,1H3/t12-/m1/s1. The fourth-order valence-corrected chi connectivity index (χ4v) is 2.45. The molecule has 1 atom stereocenters. The second-order valence-corrected chi connectivity index (χ2v) is 5.54. The quantitative estimate of drug-likeness (QED) is 0.919. The van der Waals surface area contributed by atoms with Crippen molar-refractivity contribution >= 4 is 15.9 Å². The molecule has 18 heavy (non-hydrogen) atoms. The molecule has 0 aromatic heterocycles. The fourth-order valence-electron chi connectivity index (χ4n) is 2.04. The first kappa shape index (κ1) is 13.9. The monoisotopic (exact) mass is 316 g/mol. The number of nitrogens with one attached hydrogen (secondary N) is 1. The van der Waals surface area contributed by atoms with Gasteiger partial charge in [0.15, 0.2) is 0 Å². The minimum absolute atomic E-state index is 0.174. The normalized spacial score (nSPS) is 21.2. The first-order chi connectivity index (χ1) is 8.65. The third kappa shape index (κ3) is 4.02. The molecule has 0 bridgehead atoms. The SMILES string of the molecule is CN1CCO[C@H](CNCc2cc(Br)ccc2F)C1. The van der Waals surface area contributed by atoms with Gasteiger partial charge in [-0.2, -0.15) is 0 Å². The number of benzene rings is 1. The Balaban J connectivity index is 1.79. The summed E-state index contributed by atoms with van der Waals surface area (Å²) in [6.45, 7) is 3.95. The Morgan fingerprint density at radius 2 is 2.39 bits per heavy atom. The predicted molar refractivity (Wildman–Crippen MR) is 73.0 cm³/mol. The van der Waals surface area contributed by atoms with E-state index in [4.69, 9.17) is 4.74 Å². The van der Waals surface area contributed by atoms with E-state index >= 15 is 0 Å². The number of morpholine rings is 1. The minimum Gasteiger partial charge on any atom is -0.374 e. The number of hydrogen-bond donors (Lipinski definition) is 1. The van der Waals surface area contributed by atoms with Crippen molar-refractivity contribution in [2.24, 2.45) is 0 Å². The first-order valence-electron chi connectivity index (χ1n) is 6.10. The van der Waals surface area contributed by atoms with Gasteiger partial charge in [-0.15, -0.1) is 0 Å². The molecule has 0 radical (unpaired) electrons. The van der Waals surface area contributed by atoms with E-state index in [1.54, 1.807) is 12.1 Å². The van der Waals surface area contributed by atoms with Gasteiger partial charge in [0.05, 0.1) is 12.7 Å². The van der Waals surface area contributed by atoms with Crippen LogP contribution in [-0.2, 0) is 11.3 Å². The van der Waals surface area contributed by atoms with Gasteiger partial charge in [0, 0.05) is 36.2 Å². The van der Waals surface area contributed by atoms with Crippen LogP contribution in [0.3, 0.4) is 0 Å². The minimum atomic E-state index is -0.174. The second-order valence-electron chi connectivity index (χ2n) is 4.62. The highest BCUT2D eigenvalue weighted by molar-refractivity contribution is 9.10. The van der Waals surface area contributed by atoms with Crippen molar-refractivity contribution in [3.8, 4) is 0 Å². The van der Waals surface area contributed by atoms with Crippen molar-refractivity contribution in [1.29, 1.82) is 0 Å². The van der Waals surface area contributed by atoms with E-state index in [9.17, 15) is 4.39 Å². The molecule has 3 nitrogen and oxygen atoms in total. The summed E-state index contributed by atoms with van der Waals surface area (Å²) in [5, 5.41) is 3.25. The maximum atomic E-state index is 13.5. The lowest BCUT2D eigenvalue weighted by atomic mass is 10.2. The van der Waals surface area contributed by atoms with E-state index in [0.29, 0.717) is 12.1 Å². The molecule has 100 valence electrons. The fraction of sp³-hybridized carbons (Fsp3) is 0.538. The van der Waals surface area contributed by atoms with Gasteiger partial charge in [0.1, 0.15) is 5.82 Å². The van der Waals surface area contributed by atoms with E-state index in [1.165, 1.54) is 6.07 Å². The molecule has 1 saturated heterocycles. The molecule has 5 heteroatoms. The van der Waals surface area contributed by atoms with Gasteiger partial charge in [-0.3, -0.25) is 0 Å². The van der Waals surface area contributed by atoms with Crippen LogP contribution in [0.15, 0.2) is 22.7 Å². The van der Waals surface area contributed by atoms with Crippen LogP contribution in [0.1, 0.15) is 5.56 Å². The van der Waals surface area contributed by atoms with Crippen molar-refractivity contribution in [3.63, 3.8) is 0 Å². The Labute approximate surface area is 115 Å². The Morgan fingerprint density at radius 1 is 1.56 bits per heavy atom. The summed E-state index contributed by atoms with van der Waals surface area (Å²) in [4.78, 5) is 2.25. The van der Waals surface area contributed by atoms with Crippen LogP contribution < -0.4 is 5.32 Å². The van der Waals surface area contributed by atoms with E-state index in [-0.39, 0.29) is 11.9 Å². The van der Waals surface area contributed by atoms with Gasteiger partial charge in [-0.05, 0) is 25.2 Å². The lowest BCUT2D eigenvalue weighted by molar-refractivity contribution is -0.0182. The molecule has 2 rings (SSSR count). The molecule has 0 spiro atoms. The summed E-state index contributed by atoms with van der Waals surface area (Å²) in [7, 11) is 2.09. The van der Waals surface area contributed by atoms with Crippen LogP contribution in [0.25, 0.3) is 0 Å². The van der Waals surface area contributed by atoms with Crippen LogP contribution in [0, 0.1) is 5.82 Å². The molecule has 0 saturated carbocycles. The number of halogens is 2. The van der Waals surface area contributed by atoms with Crippen molar-refractivity contribution in [2.75, 3.05) is 33.3 Å². The second kappa shape index (κ2) is 6.61. The summed E-state index contributed by atoms with van der Waals surface area (Å²) in [6, 6.07) is 4.99. The summed E-state index contributed by atoms with van der Waals surface area (Å²) in [5.41, 5.74) is 0.675. The molecule has 1 fully saturated rings. The van der Waals surface area contributed by atoms with E-state index in [0.717, 1.165) is 30.7 Å². The molecule has 1 N–H and O–H groups in total. The maximum absolute atomic E-state index is 13.5. The summed E-state index contributed by atoms with van der Waals surface area (Å²) < 4.78 is 20.0. The van der Waals surface area contributed by atoms with Crippen molar-refractivity contribution in [1.82, 2.24) is 10.2 Å². The topological polar surface area (TPSA) is 24.5 Å². The number of ether oxygens (including phenoxy) is 1. The van der Waals surface area contributed by atoms with Gasteiger partial charge in [-0.1, -0.05) is 15.9 Å². The highest BCUT2D eigenvalue weighted by Crippen LogP contribution is 2.15. The Bertz CT molecular complexity index is 403. The third-order valence-electron chi connectivity index (χ3n) is 3.04. The summed E-state index contributed by atoms with van der Waals surface area (Å²) in [6.07, 6.45) is 0.193. The van der Waals surface area contributed by atoms with Crippen LogP contribution >= 0.6 is 15.9 Å². The number of hydrogen-bond acceptors (Lipinski definition) is 3. The zero-order chi connectivity index (χ0) is 13.0. The van der Waals surface area contributed by atoms with E-state index in [1.807, 2.05) is 0 Å². The summed E-state index contributed by atoms with van der Waals surface area (Å²) >= 11 is 3.35. The van der Waals surface area contributed by atoms with Crippen LogP contribution in [0.2, 0.25) is 0 Å². The zero-order valence-corrected chi connectivity index (χ0v) is 12.0. The Morgan fingerprint density at radius 3 is 3.17 bits per heavy atom. The van der Waals surface area contributed by atoms with Gasteiger partial charge in [0.25, 0.3) is 0 Å². The van der Waals surface area contributed by atoms with Gasteiger partial charge >= 0.3 is 0 Å². The van der Waals surface area contributed by atoms with Crippen LogP contribution in [-0.4, -0.2) is 44.3 Å². The molecule has 0 amide bonds. The average molecular weight is 317 g/mol. The molecular weight excluding hydrogens is 299 g/mol. The average Bonchev–Trinajstić information content (AvgIpc) is 2.34. The van der Waals surface area contributed by atoms with Gasteiger partial charge < -0.3 is 15.0 Å². The highest BCUT2D eigenvalue weighted by atomic mass is 79.9. The van der Waals surface area contributed by atoms with E-state index < -0.39 is 0 Å². The molecule has 1 aliphatic heterocycles. The molecule has 0 unspecified atom stereocenters. The lowest BCUT2D eigenvalue weighted by Crippen LogP contribution is -2.44. The van der Waals surface area contributed by atoms with Gasteiger partial charge in [-0.25, -0.2) is 4.39 Å². The predicted octanol–water partition coefficient (Wildman–Crippen LogP) is 2.01. The Hall–Kier alpha value is -0.490. The first-order valence-corrected chi connectivity index (χ1v) is 6.89. The van der Waals surface area contributed by atoms with Crippen LogP contribution in [0.5, 0.6) is 0 Å². The molecule has 1 aromatic carbocycles. The van der Waals surface area contributed by atoms with Crippen molar-refractivity contribution < 1.29 is 9.13 Å². The number of nitrogens with zero attached hydrogens (tertiary/aromatic N) is 1. The highest BCUT2D eigenvalue weighted by Gasteiger charge is 2.17. The van der Waals surface area contributed by atoms with Crippen LogP contribution in [0.4, 0.5) is 4.39 Å². The number of likely N-dealkylation sites (N-methyl/N-ethyl adjacent to an activating group) is 1. The molecule has 1 heterocycles. The molecule has 1 aliphatic rings. The Kier molecular flexibility index (Phi) is 5.12. The lowest BCUT2D eigenvalue weighted by Gasteiger charge is -2.30. The van der Waals surface area contributed by atoms with Gasteiger partial charge in [0.2, 0.25) is 0 Å². The molecule has 1 aromatic rings. The van der Waals surface area contributed by atoms with Crippen molar-refractivity contribution in [2.45, 2.75) is 12.6 Å². The largest absolute Gasteiger partial charge is 0.374 e. The van der Waals surface area contributed by atoms with Crippen molar-refractivity contribution in [3.05, 3.63) is 34.1 Å². The third-order valence-corrected chi connectivity index (χ3v) is 3.53. The summed E-state index contributed by atoms with van der Waals surface area (Å²) in [5.74, 6) is -0.174. The smallest absolute Gasteiger partial charge is 0.127 e. The van der Waals surface area contributed by atoms with E-state index in [2.05, 4.69) is 33.2 Å². The maximum Gasteiger partial charge on any atom is 0.127 e. The molecule has 0 aliphatic carbocycles.